The van der Waals surface area contributed by atoms with Gasteiger partial charge in [0.15, 0.2) is 0 Å². The summed E-state index contributed by atoms with van der Waals surface area (Å²) in [6, 6.07) is 0. The van der Waals surface area contributed by atoms with Gasteiger partial charge in [-0.15, -0.1) is 0 Å². The van der Waals surface area contributed by atoms with Crippen LogP contribution in [0.5, 0.6) is 0 Å². The van der Waals surface area contributed by atoms with E-state index in [1.54, 1.807) is 0 Å². The molecule has 2 heterocycles. The Kier molecular flexibility index (Phi) is 1.33. The van der Waals surface area contributed by atoms with Gasteiger partial charge >= 0.3 is 0 Å². The van der Waals surface area contributed by atoms with Gasteiger partial charge in [0.2, 0.25) is 0 Å². The van der Waals surface area contributed by atoms with E-state index in [0.29, 0.717) is 22.7 Å². The summed E-state index contributed by atoms with van der Waals surface area (Å²) >= 11 is 0. The molecule has 1 aromatic rings. The molecule has 0 saturated carbocycles. The Morgan fingerprint density at radius 1 is 0.733 bits per heavy atom. The van der Waals surface area contributed by atoms with Crippen LogP contribution in [0.1, 0.15) is 23.3 Å². The molecule has 3 rings (SSSR count). The van der Waals surface area contributed by atoms with Crippen LogP contribution in [-0.2, 0) is 4.74 Å². The van der Waals surface area contributed by atoms with E-state index in [1.807, 2.05) is 12.2 Å². The number of nitrogen functional groups attached to an aromatic ring is 4. The Morgan fingerprint density at radius 3 is 1.53 bits per heavy atom. The highest BCUT2D eigenvalue weighted by atomic mass is 16.5. The topological polar surface area (TPSA) is 113 Å². The summed E-state index contributed by atoms with van der Waals surface area (Å²) in [6.45, 7) is 0. The minimum atomic E-state index is -0.116. The fraction of sp³-hybridized carbons (Fsp3) is 0.200. The molecule has 0 radical (unpaired) electrons. The molecule has 0 aliphatic carbocycles. The molecule has 0 saturated heterocycles. The van der Waals surface area contributed by atoms with Crippen molar-refractivity contribution in [3.63, 3.8) is 0 Å². The number of anilines is 4. The van der Waals surface area contributed by atoms with Gasteiger partial charge in [-0.3, -0.25) is 0 Å². The lowest BCUT2D eigenvalue weighted by Crippen LogP contribution is -2.11. The van der Waals surface area contributed by atoms with Gasteiger partial charge in [-0.05, 0) is 0 Å². The summed E-state index contributed by atoms with van der Waals surface area (Å²) in [5.41, 5.74) is 26.9. The number of fused-ring (bicyclic) bond motifs is 5. The highest BCUT2D eigenvalue weighted by Crippen LogP contribution is 2.54. The zero-order chi connectivity index (χ0) is 10.7. The van der Waals surface area contributed by atoms with Crippen molar-refractivity contribution in [3.8, 4) is 0 Å². The van der Waals surface area contributed by atoms with Gasteiger partial charge in [0.1, 0.15) is 12.2 Å². The molecule has 0 aromatic heterocycles. The Hall–Kier alpha value is -1.88. The molecule has 78 valence electrons. The van der Waals surface area contributed by atoms with Crippen LogP contribution >= 0.6 is 0 Å². The molecule has 15 heavy (non-hydrogen) atoms. The summed E-state index contributed by atoms with van der Waals surface area (Å²) in [7, 11) is 0. The summed E-state index contributed by atoms with van der Waals surface area (Å²) in [4.78, 5) is 0. The molecular weight excluding hydrogens is 192 g/mol. The van der Waals surface area contributed by atoms with Crippen molar-refractivity contribution in [2.24, 2.45) is 0 Å². The van der Waals surface area contributed by atoms with E-state index < -0.39 is 0 Å². The van der Waals surface area contributed by atoms with Gasteiger partial charge in [-0.2, -0.15) is 0 Å². The Bertz CT molecular complexity index is 452. The average molecular weight is 204 g/mol. The maximum atomic E-state index is 5.92. The SMILES string of the molecule is Nc1c(N)c(N)c2c(c1N)C1C=CC2O1. The second-order valence-electron chi connectivity index (χ2n) is 3.84. The first kappa shape index (κ1) is 8.43. The van der Waals surface area contributed by atoms with Gasteiger partial charge in [0.05, 0.1) is 22.7 Å². The van der Waals surface area contributed by atoms with Crippen LogP contribution in [0.25, 0.3) is 0 Å². The fourth-order valence-corrected chi connectivity index (χ4v) is 2.26. The molecule has 8 N–H and O–H groups in total. The van der Waals surface area contributed by atoms with Gasteiger partial charge in [0, 0.05) is 11.1 Å². The lowest BCUT2D eigenvalue weighted by molar-refractivity contribution is 0.0883. The highest BCUT2D eigenvalue weighted by molar-refractivity contribution is 5.92. The first-order valence-electron chi connectivity index (χ1n) is 4.70. The molecule has 0 amide bonds. The number of rotatable bonds is 0. The van der Waals surface area contributed by atoms with E-state index in [2.05, 4.69) is 0 Å². The second-order valence-corrected chi connectivity index (χ2v) is 3.84. The third-order valence-electron chi connectivity index (χ3n) is 3.06. The summed E-state index contributed by atoms with van der Waals surface area (Å²) in [5, 5.41) is 0. The van der Waals surface area contributed by atoms with Gasteiger partial charge < -0.3 is 27.7 Å². The second kappa shape index (κ2) is 2.38. The van der Waals surface area contributed by atoms with Crippen molar-refractivity contribution < 1.29 is 4.74 Å². The molecule has 2 aliphatic rings. The smallest absolute Gasteiger partial charge is 0.105 e. The van der Waals surface area contributed by atoms with Gasteiger partial charge in [-0.1, -0.05) is 12.2 Å². The molecule has 2 unspecified atom stereocenters. The minimum absolute atomic E-state index is 0.116. The molecular formula is C10H12N4O. The van der Waals surface area contributed by atoms with Crippen molar-refractivity contribution in [2.45, 2.75) is 12.2 Å². The lowest BCUT2D eigenvalue weighted by Gasteiger charge is -2.17. The maximum Gasteiger partial charge on any atom is 0.105 e. The van der Waals surface area contributed by atoms with Crippen molar-refractivity contribution in [2.75, 3.05) is 22.9 Å². The van der Waals surface area contributed by atoms with Crippen LogP contribution in [-0.4, -0.2) is 0 Å². The normalized spacial score (nSPS) is 25.9. The first-order valence-corrected chi connectivity index (χ1v) is 4.70. The van der Waals surface area contributed by atoms with Crippen LogP contribution in [0.3, 0.4) is 0 Å². The van der Waals surface area contributed by atoms with Crippen LogP contribution < -0.4 is 22.9 Å². The van der Waals surface area contributed by atoms with Crippen LogP contribution in [0, 0.1) is 0 Å². The maximum absolute atomic E-state index is 5.92. The van der Waals surface area contributed by atoms with Gasteiger partial charge in [-0.25, -0.2) is 0 Å². The summed E-state index contributed by atoms with van der Waals surface area (Å²) in [5.74, 6) is 0. The Balaban J connectivity index is 2.38. The van der Waals surface area contributed by atoms with Crippen LogP contribution in [0.15, 0.2) is 12.2 Å². The minimum Gasteiger partial charge on any atom is -0.397 e. The lowest BCUT2D eigenvalue weighted by atomic mass is 9.92. The van der Waals surface area contributed by atoms with E-state index in [9.17, 15) is 0 Å². The Morgan fingerprint density at radius 2 is 1.13 bits per heavy atom. The summed E-state index contributed by atoms with van der Waals surface area (Å²) < 4.78 is 5.63. The number of nitrogens with two attached hydrogens (primary N) is 4. The third kappa shape index (κ3) is 0.811. The molecule has 1 aromatic carbocycles. The monoisotopic (exact) mass is 204 g/mol. The van der Waals surface area contributed by atoms with E-state index in [4.69, 9.17) is 27.7 Å². The number of hydrogen-bond acceptors (Lipinski definition) is 5. The van der Waals surface area contributed by atoms with Crippen LogP contribution in [0.4, 0.5) is 22.7 Å². The van der Waals surface area contributed by atoms with Crippen molar-refractivity contribution >= 4 is 22.7 Å². The zero-order valence-electron chi connectivity index (χ0n) is 8.03. The van der Waals surface area contributed by atoms with Crippen molar-refractivity contribution in [1.82, 2.24) is 0 Å². The highest BCUT2D eigenvalue weighted by Gasteiger charge is 2.38. The number of ether oxygens (including phenoxy) is 1. The van der Waals surface area contributed by atoms with Gasteiger partial charge in [0.25, 0.3) is 0 Å². The number of benzene rings is 1. The molecule has 5 heteroatoms. The van der Waals surface area contributed by atoms with E-state index in [0.717, 1.165) is 11.1 Å². The molecule has 2 atom stereocenters. The van der Waals surface area contributed by atoms with E-state index in [1.165, 1.54) is 0 Å². The van der Waals surface area contributed by atoms with Crippen molar-refractivity contribution in [1.29, 1.82) is 0 Å². The predicted molar refractivity (Wildman–Crippen MR) is 59.8 cm³/mol. The van der Waals surface area contributed by atoms with Crippen molar-refractivity contribution in [3.05, 3.63) is 23.3 Å². The van der Waals surface area contributed by atoms with Crippen LogP contribution in [0.2, 0.25) is 0 Å². The van der Waals surface area contributed by atoms with E-state index in [-0.39, 0.29) is 12.2 Å². The number of hydrogen-bond donors (Lipinski definition) is 4. The Labute approximate surface area is 86.7 Å². The fourth-order valence-electron chi connectivity index (χ4n) is 2.26. The zero-order valence-corrected chi connectivity index (χ0v) is 8.03. The summed E-state index contributed by atoms with van der Waals surface area (Å²) in [6.07, 6.45) is 3.68. The average Bonchev–Trinajstić information content (AvgIpc) is 2.82. The van der Waals surface area contributed by atoms with E-state index >= 15 is 0 Å². The molecule has 5 nitrogen and oxygen atoms in total. The predicted octanol–water partition coefficient (Wildman–Crippen LogP) is 0.698. The molecule has 2 bridgehead atoms. The standard InChI is InChI=1S/C10H12N4O/c11-7-5-3-1-2-4(15-3)6(5)8(12)10(14)9(7)13/h1-4H,11-14H2. The molecule has 2 aliphatic heterocycles. The third-order valence-corrected chi connectivity index (χ3v) is 3.06. The largest absolute Gasteiger partial charge is 0.397 e. The first-order chi connectivity index (χ1) is 7.11. The molecule has 0 spiro atoms. The quantitative estimate of drug-likeness (QED) is 0.367. The molecule has 0 fully saturated rings.